The Bertz CT molecular complexity index is 463. The molecular formula is C13H7BrN2OPt-3. The molecule has 2 rings (SSSR count). The molecule has 95 valence electrons. The number of pyridine rings is 1. The van der Waals surface area contributed by atoms with Crippen molar-refractivity contribution in [1.29, 1.82) is 5.26 Å². The minimum atomic E-state index is 0. The fraction of sp³-hybridized carbons (Fsp3) is 0. The Morgan fingerprint density at radius 2 is 1.89 bits per heavy atom. The van der Waals surface area contributed by atoms with Gasteiger partial charge in [0.1, 0.15) is 0 Å². The summed E-state index contributed by atoms with van der Waals surface area (Å²) in [6.07, 6.45) is 1.78. The van der Waals surface area contributed by atoms with Gasteiger partial charge in [-0.05, 0) is 11.8 Å². The first kappa shape index (κ1) is 19.0. The van der Waals surface area contributed by atoms with Crippen LogP contribution < -0.4 is 0 Å². The predicted octanol–water partition coefficient (Wildman–Crippen LogP) is 3.01. The van der Waals surface area contributed by atoms with Gasteiger partial charge in [-0.25, -0.2) is 0 Å². The van der Waals surface area contributed by atoms with Gasteiger partial charge in [0, 0.05) is 27.3 Å². The van der Waals surface area contributed by atoms with Crippen LogP contribution in [0.3, 0.4) is 0 Å². The molecular weight excluding hydrogens is 475 g/mol. The van der Waals surface area contributed by atoms with Gasteiger partial charge in [0.25, 0.3) is 0 Å². The van der Waals surface area contributed by atoms with Crippen LogP contribution in [0.1, 0.15) is 0 Å². The molecule has 0 aliphatic heterocycles. The number of aromatic nitrogens is 1. The molecule has 0 fully saturated rings. The molecule has 1 radical (unpaired) electrons. The third-order valence-corrected chi connectivity index (χ3v) is 2.20. The molecule has 0 spiro atoms. The zero-order chi connectivity index (χ0) is 13.1. The number of halogens is 1. The molecule has 1 aromatic heterocycles. The quantitative estimate of drug-likeness (QED) is 0.588. The van der Waals surface area contributed by atoms with Crippen molar-refractivity contribution in [2.24, 2.45) is 0 Å². The molecule has 1 aromatic carbocycles. The van der Waals surface area contributed by atoms with Crippen molar-refractivity contribution in [3.8, 4) is 11.3 Å². The SMILES string of the molecule is Brc1cc[c-]c(-c2ccccn2)c1.[C-]#N.[C-]=O.[Pt]. The van der Waals surface area contributed by atoms with Crippen molar-refractivity contribution >= 4 is 22.7 Å². The van der Waals surface area contributed by atoms with Gasteiger partial charge in [-0.1, -0.05) is 32.5 Å². The van der Waals surface area contributed by atoms with Crippen LogP contribution in [0.15, 0.2) is 47.1 Å². The molecule has 1 heterocycles. The molecule has 3 nitrogen and oxygen atoms in total. The van der Waals surface area contributed by atoms with E-state index >= 15 is 0 Å². The molecule has 2 aromatic rings. The van der Waals surface area contributed by atoms with E-state index in [1.165, 1.54) is 0 Å². The Kier molecular flexibility index (Phi) is 12.9. The van der Waals surface area contributed by atoms with Gasteiger partial charge in [-0.2, -0.15) is 0 Å². The smallest absolute Gasteiger partial charge is 0.0160 e. The summed E-state index contributed by atoms with van der Waals surface area (Å²) < 4.78 is 1.05. The summed E-state index contributed by atoms with van der Waals surface area (Å²) in [6, 6.07) is 14.8. The standard InChI is InChI=1S/C11H7BrN.CN.CO.Pt/c12-10-5-3-4-9(8-10)11-6-1-2-7-13-11;2*1-2;/h1-3,5-8H;;;/q3*-1;. The first-order valence-electron chi connectivity index (χ1n) is 4.38. The summed E-state index contributed by atoms with van der Waals surface area (Å²) in [6.45, 7) is 9.25. The monoisotopic (exact) mass is 481 g/mol. The van der Waals surface area contributed by atoms with Crippen LogP contribution in [-0.4, -0.2) is 11.8 Å². The average Bonchev–Trinajstić information content (AvgIpc) is 2.44. The van der Waals surface area contributed by atoms with Crippen LogP contribution in [0, 0.1) is 17.9 Å². The number of carbonyl (C=O) groups excluding carboxylic acids is 1. The number of hydrogen-bond acceptors (Lipinski definition) is 3. The maximum absolute atomic E-state index is 7.50. The van der Waals surface area contributed by atoms with E-state index in [-0.39, 0.29) is 21.1 Å². The second-order valence-electron chi connectivity index (χ2n) is 2.64. The molecule has 0 unspecified atom stereocenters. The van der Waals surface area contributed by atoms with Crippen molar-refractivity contribution in [1.82, 2.24) is 4.98 Å². The summed E-state index contributed by atoms with van der Waals surface area (Å²) in [5.74, 6) is 0. The van der Waals surface area contributed by atoms with E-state index in [2.05, 4.69) is 33.8 Å². The van der Waals surface area contributed by atoms with Gasteiger partial charge in [-0.15, -0.1) is 29.8 Å². The van der Waals surface area contributed by atoms with Gasteiger partial charge < -0.3 is 28.4 Å². The number of hydrogen-bond donors (Lipinski definition) is 0. The van der Waals surface area contributed by atoms with Crippen LogP contribution in [0.25, 0.3) is 11.3 Å². The molecule has 0 aliphatic carbocycles. The molecule has 0 bridgehead atoms. The van der Waals surface area contributed by atoms with Crippen LogP contribution in [-0.2, 0) is 25.9 Å². The van der Waals surface area contributed by atoms with Gasteiger partial charge in [-0.3, -0.25) is 0 Å². The van der Waals surface area contributed by atoms with Crippen molar-refractivity contribution in [2.45, 2.75) is 0 Å². The third-order valence-electron chi connectivity index (χ3n) is 1.70. The van der Waals surface area contributed by atoms with Crippen molar-refractivity contribution in [2.75, 3.05) is 0 Å². The van der Waals surface area contributed by atoms with E-state index in [0.29, 0.717) is 0 Å². The minimum Gasteiger partial charge on any atom is -0.573 e. The first-order valence-corrected chi connectivity index (χ1v) is 5.17. The van der Waals surface area contributed by atoms with Crippen LogP contribution >= 0.6 is 15.9 Å². The molecule has 0 saturated carbocycles. The summed E-state index contributed by atoms with van der Waals surface area (Å²) in [4.78, 5) is 11.7. The Labute approximate surface area is 129 Å². The Morgan fingerprint density at radius 3 is 2.39 bits per heavy atom. The first-order chi connectivity index (χ1) is 8.36. The molecule has 0 atom stereocenters. The number of rotatable bonds is 1. The van der Waals surface area contributed by atoms with Gasteiger partial charge in [0.15, 0.2) is 0 Å². The summed E-state index contributed by atoms with van der Waals surface area (Å²) in [7, 11) is 0. The largest absolute Gasteiger partial charge is 0.573 e. The maximum Gasteiger partial charge on any atom is 0.0160 e. The van der Waals surface area contributed by atoms with Gasteiger partial charge in [0.2, 0.25) is 0 Å². The summed E-state index contributed by atoms with van der Waals surface area (Å²) in [5.41, 5.74) is 1.96. The normalized spacial score (nSPS) is 7.50. The Balaban J connectivity index is 0. The van der Waals surface area contributed by atoms with Gasteiger partial charge in [0.05, 0.1) is 0 Å². The average molecular weight is 482 g/mol. The molecule has 0 aliphatic rings. The molecule has 18 heavy (non-hydrogen) atoms. The minimum absolute atomic E-state index is 0. The topological polar surface area (TPSA) is 53.8 Å². The van der Waals surface area contributed by atoms with Crippen molar-refractivity contribution < 1.29 is 25.9 Å². The Hall–Kier alpha value is -1.30. The van der Waals surface area contributed by atoms with Crippen molar-refractivity contribution in [3.63, 3.8) is 0 Å². The Morgan fingerprint density at radius 1 is 1.22 bits per heavy atom. The second kappa shape index (κ2) is 12.2. The third kappa shape index (κ3) is 6.44. The molecule has 0 N–H and O–H groups in total. The van der Waals surface area contributed by atoms with E-state index in [0.717, 1.165) is 15.7 Å². The van der Waals surface area contributed by atoms with E-state index in [1.54, 1.807) is 6.20 Å². The fourth-order valence-electron chi connectivity index (χ4n) is 1.11. The van der Waals surface area contributed by atoms with E-state index in [4.69, 9.17) is 16.6 Å². The van der Waals surface area contributed by atoms with E-state index < -0.39 is 0 Å². The summed E-state index contributed by atoms with van der Waals surface area (Å²) >= 11 is 3.41. The van der Waals surface area contributed by atoms with Crippen LogP contribution in [0.2, 0.25) is 0 Å². The van der Waals surface area contributed by atoms with Crippen molar-refractivity contribution in [3.05, 3.63) is 59.7 Å². The van der Waals surface area contributed by atoms with Crippen LogP contribution in [0.5, 0.6) is 0 Å². The zero-order valence-electron chi connectivity index (χ0n) is 9.04. The van der Waals surface area contributed by atoms with Crippen LogP contribution in [0.4, 0.5) is 0 Å². The molecule has 5 heteroatoms. The molecule has 0 saturated heterocycles. The fourth-order valence-corrected chi connectivity index (χ4v) is 1.47. The predicted molar refractivity (Wildman–Crippen MR) is 66.9 cm³/mol. The summed E-state index contributed by atoms with van der Waals surface area (Å²) in [5, 5.41) is 6.25. The number of nitrogens with zero attached hydrogens (tertiary/aromatic N) is 2. The zero-order valence-corrected chi connectivity index (χ0v) is 12.9. The van der Waals surface area contributed by atoms with E-state index in [9.17, 15) is 0 Å². The van der Waals surface area contributed by atoms with E-state index in [1.807, 2.05) is 36.4 Å². The maximum atomic E-state index is 7.50. The second-order valence-corrected chi connectivity index (χ2v) is 3.55. The molecule has 0 amide bonds. The van der Waals surface area contributed by atoms with Gasteiger partial charge >= 0.3 is 0 Å². The number of benzene rings is 1.